The summed E-state index contributed by atoms with van der Waals surface area (Å²) in [6.07, 6.45) is 0. The summed E-state index contributed by atoms with van der Waals surface area (Å²) in [7, 11) is 0. The van der Waals surface area contributed by atoms with Gasteiger partial charge in [-0.25, -0.2) is 19.2 Å². The molecule has 0 aliphatic carbocycles. The fourth-order valence-electron chi connectivity index (χ4n) is 4.24. The van der Waals surface area contributed by atoms with Gasteiger partial charge in [0.05, 0.1) is 22.3 Å². The molecule has 0 radical (unpaired) electrons. The normalized spacial score (nSPS) is 11.0. The average molecular weight is 557 g/mol. The van der Waals surface area contributed by atoms with Crippen LogP contribution in [0.25, 0.3) is 22.3 Å². The molecule has 0 bridgehead atoms. The summed E-state index contributed by atoms with van der Waals surface area (Å²) in [5.41, 5.74) is 0.858. The zero-order chi connectivity index (χ0) is 29.9. The Morgan fingerprint density at radius 2 is 0.829 bits per heavy atom. The number of carboxylic acid groups (broad SMARTS) is 4. The van der Waals surface area contributed by atoms with Crippen molar-refractivity contribution in [1.29, 1.82) is 0 Å². The highest BCUT2D eigenvalue weighted by atomic mass is 16.7. The Morgan fingerprint density at radius 1 is 0.488 bits per heavy atom. The summed E-state index contributed by atoms with van der Waals surface area (Å²) >= 11 is 0. The van der Waals surface area contributed by atoms with Crippen LogP contribution in [0.3, 0.4) is 0 Å². The molecule has 10 heteroatoms. The number of ether oxygens (including phenoxy) is 2. The van der Waals surface area contributed by atoms with Crippen LogP contribution >= 0.6 is 0 Å². The van der Waals surface area contributed by atoms with Crippen LogP contribution in [-0.2, 0) is 0 Å². The van der Waals surface area contributed by atoms with Crippen molar-refractivity contribution in [2.24, 2.45) is 0 Å². The van der Waals surface area contributed by atoms with Gasteiger partial charge in [0, 0.05) is 13.8 Å². The highest BCUT2D eigenvalue weighted by molar-refractivity contribution is 6.03. The highest BCUT2D eigenvalue weighted by Gasteiger charge is 2.23. The summed E-state index contributed by atoms with van der Waals surface area (Å²) in [5, 5.41) is 37.4. The van der Waals surface area contributed by atoms with Gasteiger partial charge < -0.3 is 29.9 Å². The standard InChI is InChI=1S/C31H24O10/c1-31(2,40-21-7-3-5-17(13-21)19-9-11-23(27(32)33)25(15-19)29(36)37)41-22-8-4-6-18(14-22)20-10-12-24(28(34)35)26(16-20)30(38)39/h3-16H,1-2H3,(H,32,33)(H,34,35)(H,36,37)(H,38,39). The van der Waals surface area contributed by atoms with Crippen LogP contribution in [0.2, 0.25) is 0 Å². The maximum absolute atomic E-state index is 11.6. The van der Waals surface area contributed by atoms with Gasteiger partial charge in [-0.2, -0.15) is 0 Å². The average Bonchev–Trinajstić information content (AvgIpc) is 2.92. The molecule has 0 aliphatic heterocycles. The van der Waals surface area contributed by atoms with Crippen LogP contribution in [0.1, 0.15) is 55.3 Å². The Hall–Kier alpha value is -5.64. The molecule has 10 nitrogen and oxygen atoms in total. The molecule has 0 amide bonds. The van der Waals surface area contributed by atoms with E-state index in [1.807, 2.05) is 0 Å². The Kier molecular flexibility index (Phi) is 7.77. The second-order valence-corrected chi connectivity index (χ2v) is 9.40. The van der Waals surface area contributed by atoms with Crippen molar-refractivity contribution in [1.82, 2.24) is 0 Å². The van der Waals surface area contributed by atoms with Crippen molar-refractivity contribution >= 4 is 23.9 Å². The minimum absolute atomic E-state index is 0.317. The van der Waals surface area contributed by atoms with E-state index in [-0.39, 0.29) is 22.3 Å². The molecule has 0 atom stereocenters. The minimum atomic E-state index is -1.36. The van der Waals surface area contributed by atoms with E-state index in [1.165, 1.54) is 36.4 Å². The lowest BCUT2D eigenvalue weighted by atomic mass is 9.99. The maximum atomic E-state index is 11.6. The number of rotatable bonds is 10. The summed E-state index contributed by atoms with van der Waals surface area (Å²) in [5.74, 6) is -5.79. The van der Waals surface area contributed by atoms with E-state index in [0.29, 0.717) is 33.8 Å². The monoisotopic (exact) mass is 556 g/mol. The van der Waals surface area contributed by atoms with Gasteiger partial charge >= 0.3 is 23.9 Å². The quantitative estimate of drug-likeness (QED) is 0.170. The first kappa shape index (κ1) is 28.4. The van der Waals surface area contributed by atoms with E-state index in [9.17, 15) is 39.6 Å². The molecule has 0 fully saturated rings. The zero-order valence-corrected chi connectivity index (χ0v) is 21.8. The summed E-state index contributed by atoms with van der Waals surface area (Å²) in [6.45, 7) is 3.36. The smallest absolute Gasteiger partial charge is 0.336 e. The third kappa shape index (κ3) is 6.51. The van der Waals surface area contributed by atoms with Crippen molar-refractivity contribution in [2.45, 2.75) is 19.6 Å². The second kappa shape index (κ2) is 11.2. The third-order valence-electron chi connectivity index (χ3n) is 6.02. The Bertz CT molecular complexity index is 1560. The van der Waals surface area contributed by atoms with Crippen molar-refractivity contribution in [3.05, 3.63) is 107 Å². The second-order valence-electron chi connectivity index (χ2n) is 9.40. The van der Waals surface area contributed by atoms with E-state index in [1.54, 1.807) is 62.4 Å². The van der Waals surface area contributed by atoms with Gasteiger partial charge in [-0.15, -0.1) is 0 Å². The molecule has 0 unspecified atom stereocenters. The Morgan fingerprint density at radius 3 is 1.17 bits per heavy atom. The van der Waals surface area contributed by atoms with Crippen LogP contribution in [0, 0.1) is 0 Å². The number of aromatic carboxylic acids is 4. The number of benzene rings is 4. The summed E-state index contributed by atoms with van der Waals surface area (Å²) in [4.78, 5) is 45.9. The van der Waals surface area contributed by atoms with E-state index in [0.717, 1.165) is 0 Å². The molecule has 0 saturated carbocycles. The summed E-state index contributed by atoms with van der Waals surface area (Å²) in [6, 6.07) is 21.7. The van der Waals surface area contributed by atoms with E-state index in [2.05, 4.69) is 0 Å². The molecule has 4 N–H and O–H groups in total. The predicted molar refractivity (Wildman–Crippen MR) is 147 cm³/mol. The maximum Gasteiger partial charge on any atom is 0.336 e. The van der Waals surface area contributed by atoms with Crippen LogP contribution in [-0.4, -0.2) is 50.1 Å². The Balaban J connectivity index is 1.57. The third-order valence-corrected chi connectivity index (χ3v) is 6.02. The largest absolute Gasteiger partial charge is 0.478 e. The lowest BCUT2D eigenvalue weighted by Gasteiger charge is -2.28. The lowest BCUT2D eigenvalue weighted by Crippen LogP contribution is -2.35. The van der Waals surface area contributed by atoms with Crippen LogP contribution in [0.5, 0.6) is 11.5 Å². The molecular formula is C31H24O10. The number of hydrogen-bond donors (Lipinski definition) is 4. The fourth-order valence-corrected chi connectivity index (χ4v) is 4.24. The van der Waals surface area contributed by atoms with Gasteiger partial charge in [-0.1, -0.05) is 36.4 Å². The number of carbonyl (C=O) groups is 4. The van der Waals surface area contributed by atoms with Crippen molar-refractivity contribution < 1.29 is 49.1 Å². The molecule has 0 heterocycles. The van der Waals surface area contributed by atoms with E-state index in [4.69, 9.17) is 9.47 Å². The van der Waals surface area contributed by atoms with Gasteiger partial charge in [0.2, 0.25) is 5.79 Å². The predicted octanol–water partition coefficient (Wildman–Crippen LogP) is 6.01. The van der Waals surface area contributed by atoms with E-state index >= 15 is 0 Å². The van der Waals surface area contributed by atoms with Gasteiger partial charge in [0.15, 0.2) is 0 Å². The molecule has 0 saturated heterocycles. The van der Waals surface area contributed by atoms with Gasteiger partial charge in [-0.3, -0.25) is 0 Å². The molecule has 41 heavy (non-hydrogen) atoms. The van der Waals surface area contributed by atoms with Gasteiger partial charge in [0.25, 0.3) is 0 Å². The zero-order valence-electron chi connectivity index (χ0n) is 21.8. The van der Waals surface area contributed by atoms with Crippen molar-refractivity contribution in [3.63, 3.8) is 0 Å². The first-order valence-electron chi connectivity index (χ1n) is 12.1. The fraction of sp³-hybridized carbons (Fsp3) is 0.0968. The first-order valence-corrected chi connectivity index (χ1v) is 12.1. The highest BCUT2D eigenvalue weighted by Crippen LogP contribution is 2.31. The molecule has 4 aromatic rings. The van der Waals surface area contributed by atoms with Crippen LogP contribution in [0.4, 0.5) is 0 Å². The van der Waals surface area contributed by atoms with Gasteiger partial charge in [-0.05, 0) is 70.8 Å². The topological polar surface area (TPSA) is 168 Å². The van der Waals surface area contributed by atoms with Gasteiger partial charge in [0.1, 0.15) is 11.5 Å². The van der Waals surface area contributed by atoms with Crippen molar-refractivity contribution in [3.8, 4) is 33.8 Å². The molecule has 4 rings (SSSR count). The molecular weight excluding hydrogens is 532 g/mol. The number of hydrogen-bond acceptors (Lipinski definition) is 6. The lowest BCUT2D eigenvalue weighted by molar-refractivity contribution is -0.0809. The Labute approximate surface area is 233 Å². The molecule has 0 spiro atoms. The molecule has 0 aromatic heterocycles. The first-order chi connectivity index (χ1) is 19.3. The summed E-state index contributed by atoms with van der Waals surface area (Å²) < 4.78 is 12.1. The molecule has 208 valence electrons. The number of carboxylic acids is 4. The van der Waals surface area contributed by atoms with Crippen LogP contribution < -0.4 is 9.47 Å². The molecule has 4 aromatic carbocycles. The SMILES string of the molecule is CC(C)(Oc1cccc(-c2ccc(C(=O)O)c(C(=O)O)c2)c1)Oc1cccc(-c2ccc(C(=O)O)c(C(=O)O)c2)c1. The molecule has 0 aliphatic rings. The van der Waals surface area contributed by atoms with E-state index < -0.39 is 29.7 Å². The van der Waals surface area contributed by atoms with Crippen LogP contribution in [0.15, 0.2) is 84.9 Å². The van der Waals surface area contributed by atoms with Crippen molar-refractivity contribution in [2.75, 3.05) is 0 Å². The minimum Gasteiger partial charge on any atom is -0.478 e.